The van der Waals surface area contributed by atoms with Crippen LogP contribution in [0.3, 0.4) is 0 Å². The van der Waals surface area contributed by atoms with E-state index in [2.05, 4.69) is 5.32 Å². The van der Waals surface area contributed by atoms with Crippen LogP contribution in [-0.4, -0.2) is 24.2 Å². The van der Waals surface area contributed by atoms with Gasteiger partial charge in [0.25, 0.3) is 5.91 Å². The molecule has 2 N–H and O–H groups in total. The monoisotopic (exact) mass is 285 g/mol. The van der Waals surface area contributed by atoms with Gasteiger partial charge in [-0.3, -0.25) is 4.79 Å². The van der Waals surface area contributed by atoms with E-state index in [0.29, 0.717) is 17.9 Å². The van der Waals surface area contributed by atoms with Crippen molar-refractivity contribution in [3.63, 3.8) is 0 Å². The van der Waals surface area contributed by atoms with E-state index in [1.165, 1.54) is 5.56 Å². The van der Waals surface area contributed by atoms with Crippen LogP contribution in [0.2, 0.25) is 0 Å². The van der Waals surface area contributed by atoms with Gasteiger partial charge in [-0.15, -0.1) is 0 Å². The Labute approximate surface area is 124 Å². The van der Waals surface area contributed by atoms with E-state index in [4.69, 9.17) is 9.84 Å². The number of hydrogen-bond donors (Lipinski definition) is 2. The molecule has 0 aliphatic heterocycles. The Balaban J connectivity index is 1.95. The molecular weight excluding hydrogens is 266 g/mol. The quantitative estimate of drug-likeness (QED) is 0.856. The average molecular weight is 285 g/mol. The van der Waals surface area contributed by atoms with Crippen molar-refractivity contribution < 1.29 is 14.6 Å². The highest BCUT2D eigenvalue weighted by atomic mass is 16.5. The van der Waals surface area contributed by atoms with Gasteiger partial charge in [0.1, 0.15) is 12.4 Å². The molecule has 0 radical (unpaired) electrons. The van der Waals surface area contributed by atoms with Gasteiger partial charge < -0.3 is 15.2 Å². The first-order chi connectivity index (χ1) is 10.2. The van der Waals surface area contributed by atoms with Crippen LogP contribution in [0.1, 0.15) is 21.5 Å². The summed E-state index contributed by atoms with van der Waals surface area (Å²) in [5.41, 5.74) is 2.79. The average Bonchev–Trinajstić information content (AvgIpc) is 2.52. The van der Waals surface area contributed by atoms with Crippen LogP contribution in [0.15, 0.2) is 48.5 Å². The van der Waals surface area contributed by atoms with Crippen molar-refractivity contribution in [2.75, 3.05) is 13.2 Å². The number of carbonyl (C=O) groups is 1. The Morgan fingerprint density at radius 2 is 1.95 bits per heavy atom. The molecule has 0 saturated heterocycles. The number of hydrogen-bond acceptors (Lipinski definition) is 3. The Bertz CT molecular complexity index is 593. The molecule has 2 aromatic carbocycles. The summed E-state index contributed by atoms with van der Waals surface area (Å²) >= 11 is 0. The fraction of sp³-hybridized carbons (Fsp3) is 0.235. The molecule has 0 aromatic heterocycles. The van der Waals surface area contributed by atoms with E-state index in [1.54, 1.807) is 24.3 Å². The van der Waals surface area contributed by atoms with Gasteiger partial charge in [0.15, 0.2) is 0 Å². The number of carbonyl (C=O) groups excluding carboxylic acids is 1. The summed E-state index contributed by atoms with van der Waals surface area (Å²) in [7, 11) is 0. The normalized spacial score (nSPS) is 10.2. The smallest absolute Gasteiger partial charge is 0.251 e. The highest BCUT2D eigenvalue weighted by molar-refractivity contribution is 5.94. The van der Waals surface area contributed by atoms with Gasteiger partial charge in [0.05, 0.1) is 6.61 Å². The SMILES string of the molecule is Cc1ccc(CNC(=O)c2cccc(OCCO)c2)cc1. The van der Waals surface area contributed by atoms with Gasteiger partial charge in [0.2, 0.25) is 0 Å². The largest absolute Gasteiger partial charge is 0.491 e. The van der Waals surface area contributed by atoms with Gasteiger partial charge in [-0.05, 0) is 30.7 Å². The second-order valence-electron chi connectivity index (χ2n) is 4.77. The fourth-order valence-electron chi connectivity index (χ4n) is 1.88. The molecule has 2 aromatic rings. The standard InChI is InChI=1S/C17H19NO3/c1-13-5-7-14(8-6-13)12-18-17(20)15-3-2-4-16(11-15)21-10-9-19/h2-8,11,19H,9-10,12H2,1H3,(H,18,20). The molecule has 21 heavy (non-hydrogen) atoms. The van der Waals surface area contributed by atoms with Crippen molar-refractivity contribution in [3.8, 4) is 5.75 Å². The van der Waals surface area contributed by atoms with Gasteiger partial charge in [-0.2, -0.15) is 0 Å². The third kappa shape index (κ3) is 4.61. The van der Waals surface area contributed by atoms with Crippen molar-refractivity contribution >= 4 is 5.91 Å². The Morgan fingerprint density at radius 3 is 2.67 bits per heavy atom. The molecule has 0 aliphatic carbocycles. The minimum Gasteiger partial charge on any atom is -0.491 e. The van der Waals surface area contributed by atoms with E-state index in [0.717, 1.165) is 5.56 Å². The summed E-state index contributed by atoms with van der Waals surface area (Å²) in [6.07, 6.45) is 0. The molecule has 4 heteroatoms. The number of rotatable bonds is 6. The zero-order valence-electron chi connectivity index (χ0n) is 12.0. The molecule has 0 heterocycles. The number of aryl methyl sites for hydroxylation is 1. The number of nitrogens with one attached hydrogen (secondary N) is 1. The van der Waals surface area contributed by atoms with Crippen molar-refractivity contribution in [1.82, 2.24) is 5.32 Å². The summed E-state index contributed by atoms with van der Waals surface area (Å²) in [5.74, 6) is 0.428. The molecule has 4 nitrogen and oxygen atoms in total. The summed E-state index contributed by atoms with van der Waals surface area (Å²) in [6.45, 7) is 2.68. The van der Waals surface area contributed by atoms with Crippen molar-refractivity contribution in [2.45, 2.75) is 13.5 Å². The van der Waals surface area contributed by atoms with Crippen LogP contribution in [0.5, 0.6) is 5.75 Å². The van der Waals surface area contributed by atoms with Crippen LogP contribution < -0.4 is 10.1 Å². The fourth-order valence-corrected chi connectivity index (χ4v) is 1.88. The van der Waals surface area contributed by atoms with Crippen LogP contribution in [-0.2, 0) is 6.54 Å². The molecule has 0 aliphatic rings. The van der Waals surface area contributed by atoms with E-state index >= 15 is 0 Å². The lowest BCUT2D eigenvalue weighted by Gasteiger charge is -2.08. The summed E-state index contributed by atoms with van der Waals surface area (Å²) < 4.78 is 5.29. The summed E-state index contributed by atoms with van der Waals surface area (Å²) in [6, 6.07) is 14.9. The number of aliphatic hydroxyl groups is 1. The highest BCUT2D eigenvalue weighted by Crippen LogP contribution is 2.13. The Hall–Kier alpha value is -2.33. The Morgan fingerprint density at radius 1 is 1.19 bits per heavy atom. The number of ether oxygens (including phenoxy) is 1. The maximum atomic E-state index is 12.1. The topological polar surface area (TPSA) is 58.6 Å². The van der Waals surface area contributed by atoms with Crippen molar-refractivity contribution in [2.24, 2.45) is 0 Å². The maximum Gasteiger partial charge on any atom is 0.251 e. The lowest BCUT2D eigenvalue weighted by Crippen LogP contribution is -2.22. The molecule has 0 bridgehead atoms. The lowest BCUT2D eigenvalue weighted by molar-refractivity contribution is 0.0950. The van der Waals surface area contributed by atoms with E-state index in [9.17, 15) is 4.79 Å². The summed E-state index contributed by atoms with van der Waals surface area (Å²) in [4.78, 5) is 12.1. The third-order valence-corrected chi connectivity index (χ3v) is 3.03. The highest BCUT2D eigenvalue weighted by Gasteiger charge is 2.06. The van der Waals surface area contributed by atoms with Crippen molar-refractivity contribution in [3.05, 3.63) is 65.2 Å². The zero-order chi connectivity index (χ0) is 15.1. The van der Waals surface area contributed by atoms with E-state index in [-0.39, 0.29) is 19.1 Å². The minimum atomic E-state index is -0.148. The number of aliphatic hydroxyl groups excluding tert-OH is 1. The van der Waals surface area contributed by atoms with Crippen LogP contribution in [0, 0.1) is 6.92 Å². The Kier molecular flexibility index (Phi) is 5.35. The first-order valence-corrected chi connectivity index (χ1v) is 6.86. The summed E-state index contributed by atoms with van der Waals surface area (Å²) in [5, 5.41) is 11.6. The van der Waals surface area contributed by atoms with Gasteiger partial charge in [0, 0.05) is 12.1 Å². The molecule has 0 unspecified atom stereocenters. The molecule has 0 fully saturated rings. The second-order valence-corrected chi connectivity index (χ2v) is 4.77. The lowest BCUT2D eigenvalue weighted by atomic mass is 10.1. The molecule has 2 rings (SSSR count). The van der Waals surface area contributed by atoms with E-state index in [1.807, 2.05) is 31.2 Å². The number of amides is 1. The third-order valence-electron chi connectivity index (χ3n) is 3.03. The van der Waals surface area contributed by atoms with Crippen molar-refractivity contribution in [1.29, 1.82) is 0 Å². The predicted molar refractivity (Wildman–Crippen MR) is 81.4 cm³/mol. The molecule has 0 spiro atoms. The minimum absolute atomic E-state index is 0.0517. The van der Waals surface area contributed by atoms with Gasteiger partial charge in [-0.25, -0.2) is 0 Å². The molecule has 110 valence electrons. The molecule has 0 atom stereocenters. The van der Waals surface area contributed by atoms with E-state index < -0.39 is 0 Å². The molecule has 0 saturated carbocycles. The zero-order valence-corrected chi connectivity index (χ0v) is 12.0. The van der Waals surface area contributed by atoms with Crippen LogP contribution in [0.25, 0.3) is 0 Å². The van der Waals surface area contributed by atoms with Gasteiger partial charge in [-0.1, -0.05) is 35.9 Å². The molecular formula is C17H19NO3. The predicted octanol–water partition coefficient (Wildman–Crippen LogP) is 2.30. The number of benzene rings is 2. The first kappa shape index (κ1) is 15.1. The second kappa shape index (κ2) is 7.45. The first-order valence-electron chi connectivity index (χ1n) is 6.86. The maximum absolute atomic E-state index is 12.1. The van der Waals surface area contributed by atoms with Crippen LogP contribution >= 0.6 is 0 Å². The van der Waals surface area contributed by atoms with Gasteiger partial charge >= 0.3 is 0 Å². The molecule has 1 amide bonds. The van der Waals surface area contributed by atoms with Crippen LogP contribution in [0.4, 0.5) is 0 Å².